The van der Waals surface area contributed by atoms with Crippen LogP contribution in [-0.4, -0.2) is 42.4 Å². The molecular weight excluding hydrogens is 432 g/mol. The average molecular weight is 468 g/mol. The Balaban J connectivity index is 1.42. The van der Waals surface area contributed by atoms with Crippen molar-refractivity contribution in [1.82, 2.24) is 24.3 Å². The topological polar surface area (TPSA) is 81.5 Å². The van der Waals surface area contributed by atoms with Gasteiger partial charge < -0.3 is 9.30 Å². The Morgan fingerprint density at radius 3 is 2.88 bits per heavy atom. The van der Waals surface area contributed by atoms with Gasteiger partial charge in [-0.2, -0.15) is 10.4 Å². The molecule has 1 unspecified atom stereocenters. The van der Waals surface area contributed by atoms with Gasteiger partial charge in [-0.3, -0.25) is 4.68 Å². The molecule has 3 aromatic rings. The zero-order valence-electron chi connectivity index (χ0n) is 19.7. The zero-order valence-corrected chi connectivity index (χ0v) is 20.6. The Morgan fingerprint density at radius 2 is 2.09 bits per heavy atom. The lowest BCUT2D eigenvalue weighted by atomic mass is 9.96. The molecule has 0 saturated heterocycles. The third-order valence-corrected chi connectivity index (χ3v) is 7.58. The van der Waals surface area contributed by atoms with E-state index >= 15 is 0 Å². The normalized spacial score (nSPS) is 15.5. The number of nitrogens with zero attached hydrogens (tertiary/aromatic N) is 6. The molecule has 0 aromatic carbocycles. The summed E-state index contributed by atoms with van der Waals surface area (Å²) in [7, 11) is 0. The molecule has 8 heteroatoms. The standard InChI is InChI=1S/C25H34N6OS/c1-19(2)9-13-33-14-12-32-18-30-11-8-22-24(27-17-28-25(22)30)21-15-29-31(16-21)23(7-10-26)20-5-3-4-6-20/h8,11,15-17,19-20,23H,3-7,9,12-14,18H2,1-2H3/p+1. The van der Waals surface area contributed by atoms with E-state index in [1.165, 1.54) is 49.6 Å². The minimum atomic E-state index is 0.140. The lowest BCUT2D eigenvalue weighted by Crippen LogP contribution is -2.17. The predicted molar refractivity (Wildman–Crippen MR) is 134 cm³/mol. The smallest absolute Gasteiger partial charge is 0.145 e. The summed E-state index contributed by atoms with van der Waals surface area (Å²) in [6, 6.07) is 4.55. The molecule has 3 aromatic heterocycles. The predicted octanol–water partition coefficient (Wildman–Crippen LogP) is 4.77. The minimum Gasteiger partial charge on any atom is -0.356 e. The first-order valence-corrected chi connectivity index (χ1v) is 13.4. The van der Waals surface area contributed by atoms with Crippen LogP contribution in [0.15, 0.2) is 31.0 Å². The van der Waals surface area contributed by atoms with E-state index in [-0.39, 0.29) is 6.04 Å². The molecule has 1 atom stereocenters. The van der Waals surface area contributed by atoms with Crippen LogP contribution in [0, 0.1) is 23.2 Å². The fourth-order valence-corrected chi connectivity index (χ4v) is 5.83. The highest BCUT2D eigenvalue weighted by atomic mass is 32.2. The Hall–Kier alpha value is -2.37. The second-order valence-electron chi connectivity index (χ2n) is 9.32. The number of rotatable bonds is 12. The molecule has 7 nitrogen and oxygen atoms in total. The minimum absolute atomic E-state index is 0.140. The van der Waals surface area contributed by atoms with Gasteiger partial charge in [0.15, 0.2) is 0 Å². The molecule has 33 heavy (non-hydrogen) atoms. The lowest BCUT2D eigenvalue weighted by molar-refractivity contribution is 0.0925. The van der Waals surface area contributed by atoms with Crippen molar-refractivity contribution >= 4 is 22.8 Å². The van der Waals surface area contributed by atoms with Crippen molar-refractivity contribution in [2.24, 2.45) is 11.8 Å². The van der Waals surface area contributed by atoms with E-state index in [2.05, 4.69) is 41.0 Å². The van der Waals surface area contributed by atoms with Crippen LogP contribution in [-0.2, 0) is 23.2 Å². The number of hydrogen-bond donors (Lipinski definition) is 0. The molecule has 0 bridgehead atoms. The maximum atomic E-state index is 9.35. The number of aromatic nitrogens is 5. The third-order valence-electron chi connectivity index (χ3n) is 6.50. The van der Waals surface area contributed by atoms with Crippen LogP contribution < -0.4 is 0 Å². The highest BCUT2D eigenvalue weighted by Gasteiger charge is 2.27. The molecule has 0 radical (unpaired) electrons. The quantitative estimate of drug-likeness (QED) is 0.218. The van der Waals surface area contributed by atoms with Crippen LogP contribution in [0.4, 0.5) is 0 Å². The highest BCUT2D eigenvalue weighted by Crippen LogP contribution is 2.36. The van der Waals surface area contributed by atoms with Crippen LogP contribution in [0.5, 0.6) is 0 Å². The van der Waals surface area contributed by atoms with Crippen LogP contribution in [0.2, 0.25) is 0 Å². The van der Waals surface area contributed by atoms with Crippen molar-refractivity contribution in [2.45, 2.75) is 65.1 Å². The summed E-state index contributed by atoms with van der Waals surface area (Å²) in [6.45, 7) is 5.78. The number of ether oxygens (including phenoxy) is 1. The summed E-state index contributed by atoms with van der Waals surface area (Å²) in [5, 5.41) is 15.0. The van der Waals surface area contributed by atoms with Gasteiger partial charge in [-0.15, -0.1) is 0 Å². The molecule has 1 aliphatic rings. The molecule has 1 saturated carbocycles. The molecule has 0 amide bonds. The molecule has 1 fully saturated rings. The fourth-order valence-electron chi connectivity index (χ4n) is 4.64. The van der Waals surface area contributed by atoms with Crippen LogP contribution in [0.1, 0.15) is 58.4 Å². The summed E-state index contributed by atoms with van der Waals surface area (Å²) < 4.78 is 9.93. The van der Waals surface area contributed by atoms with Gasteiger partial charge in [0, 0.05) is 23.3 Å². The zero-order chi connectivity index (χ0) is 23.0. The second kappa shape index (κ2) is 11.7. The summed E-state index contributed by atoms with van der Waals surface area (Å²) in [6.07, 6.45) is 14.2. The Bertz CT molecular complexity index is 1060. The number of thiol groups is 1. The molecule has 1 aliphatic carbocycles. The van der Waals surface area contributed by atoms with Gasteiger partial charge >= 0.3 is 0 Å². The van der Waals surface area contributed by atoms with E-state index in [9.17, 15) is 5.26 Å². The summed E-state index contributed by atoms with van der Waals surface area (Å²) >= 11 is 1.46. The average Bonchev–Trinajstić information content (AvgIpc) is 3.58. The van der Waals surface area contributed by atoms with Crippen LogP contribution >= 0.6 is 0 Å². The van der Waals surface area contributed by atoms with Gasteiger partial charge in [0.1, 0.15) is 30.2 Å². The monoisotopic (exact) mass is 467 g/mol. The Morgan fingerprint density at radius 1 is 1.24 bits per heavy atom. The molecular formula is C25H35N6OS+. The van der Waals surface area contributed by atoms with Crippen molar-refractivity contribution in [3.05, 3.63) is 31.0 Å². The van der Waals surface area contributed by atoms with Crippen molar-refractivity contribution in [1.29, 1.82) is 5.26 Å². The third kappa shape index (κ3) is 5.96. The van der Waals surface area contributed by atoms with Gasteiger partial charge in [0.25, 0.3) is 0 Å². The Kier molecular flexibility index (Phi) is 8.40. The van der Waals surface area contributed by atoms with Gasteiger partial charge in [0.05, 0.1) is 37.0 Å². The van der Waals surface area contributed by atoms with Crippen molar-refractivity contribution < 1.29 is 4.74 Å². The molecule has 4 rings (SSSR count). The van der Waals surface area contributed by atoms with E-state index in [0.717, 1.165) is 40.6 Å². The molecule has 3 heterocycles. The van der Waals surface area contributed by atoms with Crippen molar-refractivity contribution in [2.75, 3.05) is 18.1 Å². The van der Waals surface area contributed by atoms with E-state index in [1.54, 1.807) is 6.33 Å². The van der Waals surface area contributed by atoms with Gasteiger partial charge in [-0.25, -0.2) is 9.97 Å². The van der Waals surface area contributed by atoms with E-state index < -0.39 is 0 Å². The summed E-state index contributed by atoms with van der Waals surface area (Å²) in [4.78, 5) is 9.08. The summed E-state index contributed by atoms with van der Waals surface area (Å²) in [5.41, 5.74) is 2.71. The number of fused-ring (bicyclic) bond motifs is 1. The highest BCUT2D eigenvalue weighted by molar-refractivity contribution is 7.78. The van der Waals surface area contributed by atoms with E-state index in [4.69, 9.17) is 4.74 Å². The SMILES string of the molecule is CC(C)CC[SH+]CCOCn1ccc2c(-c3cnn(C(CC#N)C4CCCC4)c3)ncnc21. The van der Waals surface area contributed by atoms with Gasteiger partial charge in [0.2, 0.25) is 0 Å². The van der Waals surface area contributed by atoms with Crippen LogP contribution in [0.3, 0.4) is 0 Å². The van der Waals surface area contributed by atoms with E-state index in [1.807, 2.05) is 27.8 Å². The van der Waals surface area contributed by atoms with Crippen molar-refractivity contribution in [3.63, 3.8) is 0 Å². The van der Waals surface area contributed by atoms with Gasteiger partial charge in [-0.1, -0.05) is 26.7 Å². The maximum Gasteiger partial charge on any atom is 0.145 e. The summed E-state index contributed by atoms with van der Waals surface area (Å²) in [5.74, 6) is 3.61. The second-order valence-corrected chi connectivity index (χ2v) is 10.7. The molecule has 0 spiro atoms. The Labute approximate surface area is 200 Å². The largest absolute Gasteiger partial charge is 0.356 e. The number of hydrogen-bond acceptors (Lipinski definition) is 5. The molecule has 0 aliphatic heterocycles. The lowest BCUT2D eigenvalue weighted by Gasteiger charge is -2.21. The first kappa shape index (κ1) is 23.8. The first-order chi connectivity index (χ1) is 16.2. The van der Waals surface area contributed by atoms with Gasteiger partial charge in [-0.05, 0) is 48.9 Å². The van der Waals surface area contributed by atoms with Crippen LogP contribution in [0.25, 0.3) is 22.3 Å². The fraction of sp³-hybridized carbons (Fsp3) is 0.600. The van der Waals surface area contributed by atoms with E-state index in [0.29, 0.717) is 19.1 Å². The number of nitriles is 1. The maximum absolute atomic E-state index is 9.35. The molecule has 176 valence electrons. The van der Waals surface area contributed by atoms with Crippen molar-refractivity contribution in [3.8, 4) is 17.3 Å². The molecule has 0 N–H and O–H groups in total. The first-order valence-electron chi connectivity index (χ1n) is 12.1.